The summed E-state index contributed by atoms with van der Waals surface area (Å²) in [7, 11) is 1.26. The minimum Gasteiger partial charge on any atom is -0.464 e. The van der Waals surface area contributed by atoms with Crippen LogP contribution in [0.5, 0.6) is 0 Å². The van der Waals surface area contributed by atoms with E-state index in [1.807, 2.05) is 0 Å². The van der Waals surface area contributed by atoms with Crippen LogP contribution in [0.4, 0.5) is 10.5 Å². The van der Waals surface area contributed by atoms with Crippen LogP contribution in [0.2, 0.25) is 5.02 Å². The molecule has 7 nitrogen and oxygen atoms in total. The Morgan fingerprint density at radius 1 is 1.35 bits per heavy atom. The number of anilines is 1. The second kappa shape index (κ2) is 6.72. The number of amides is 2. The third-order valence-electron chi connectivity index (χ3n) is 4.22. The predicted octanol–water partition coefficient (Wildman–Crippen LogP) is 1.88. The average molecular weight is 339 g/mol. The molecule has 1 saturated carbocycles. The maximum absolute atomic E-state index is 12.1. The van der Waals surface area contributed by atoms with Gasteiger partial charge < -0.3 is 20.3 Å². The first-order valence-corrected chi connectivity index (χ1v) is 8.00. The van der Waals surface area contributed by atoms with Gasteiger partial charge in [0.25, 0.3) is 0 Å². The van der Waals surface area contributed by atoms with Crippen LogP contribution in [0.1, 0.15) is 29.8 Å². The number of pyridine rings is 1. The number of hydrogen-bond donors (Lipinski definition) is 2. The molecule has 0 radical (unpaired) electrons. The largest absolute Gasteiger partial charge is 0.464 e. The molecule has 0 unspecified atom stereocenters. The van der Waals surface area contributed by atoms with Crippen molar-refractivity contribution in [1.82, 2.24) is 15.2 Å². The van der Waals surface area contributed by atoms with Crippen LogP contribution >= 0.6 is 11.6 Å². The number of nitrogens with one attached hydrogen (secondary N) is 2. The first-order valence-electron chi connectivity index (χ1n) is 7.62. The number of carbonyl (C=O) groups is 2. The molecule has 1 aromatic heterocycles. The van der Waals surface area contributed by atoms with Gasteiger partial charge in [0.2, 0.25) is 0 Å². The molecule has 0 spiro atoms. The first-order chi connectivity index (χ1) is 11.1. The number of likely N-dealkylation sites (tertiary alicyclic amines) is 1. The molecule has 8 heteroatoms. The Morgan fingerprint density at radius 2 is 2.09 bits per heavy atom. The molecule has 1 aromatic rings. The van der Waals surface area contributed by atoms with Crippen molar-refractivity contribution in [1.29, 1.82) is 0 Å². The smallest absolute Gasteiger partial charge is 0.358 e. The van der Waals surface area contributed by atoms with Crippen LogP contribution in [0.3, 0.4) is 0 Å². The maximum Gasteiger partial charge on any atom is 0.358 e. The molecule has 2 aliphatic rings. The number of urea groups is 1. The molecular formula is C15H19ClN4O3. The molecule has 2 N–H and O–H groups in total. The van der Waals surface area contributed by atoms with Crippen molar-refractivity contribution >= 4 is 29.3 Å². The van der Waals surface area contributed by atoms with Crippen LogP contribution in [0.15, 0.2) is 12.3 Å². The zero-order chi connectivity index (χ0) is 16.4. The second-order valence-electron chi connectivity index (χ2n) is 5.87. The van der Waals surface area contributed by atoms with Crippen molar-refractivity contribution in [3.05, 3.63) is 23.0 Å². The number of halogens is 1. The molecule has 3 rings (SSSR count). The molecule has 2 amide bonds. The minimum atomic E-state index is -0.611. The predicted molar refractivity (Wildman–Crippen MR) is 85.7 cm³/mol. The Balaban J connectivity index is 1.50. The summed E-state index contributed by atoms with van der Waals surface area (Å²) in [5.41, 5.74) is 0.476. The Labute approximate surface area is 139 Å². The van der Waals surface area contributed by atoms with E-state index in [1.165, 1.54) is 38.6 Å². The summed E-state index contributed by atoms with van der Waals surface area (Å²) in [5.74, 6) is -0.611. The zero-order valence-electron chi connectivity index (χ0n) is 12.8. The first kappa shape index (κ1) is 16.0. The van der Waals surface area contributed by atoms with E-state index in [2.05, 4.69) is 20.4 Å². The van der Waals surface area contributed by atoms with E-state index < -0.39 is 5.97 Å². The molecule has 1 saturated heterocycles. The van der Waals surface area contributed by atoms with Gasteiger partial charge >= 0.3 is 12.0 Å². The lowest BCUT2D eigenvalue weighted by Gasteiger charge is -2.43. The molecule has 1 aliphatic heterocycles. The topological polar surface area (TPSA) is 83.6 Å². The fourth-order valence-electron chi connectivity index (χ4n) is 2.61. The Bertz CT molecular complexity index is 615. The van der Waals surface area contributed by atoms with Gasteiger partial charge in [0.05, 0.1) is 24.0 Å². The zero-order valence-corrected chi connectivity index (χ0v) is 13.6. The van der Waals surface area contributed by atoms with Gasteiger partial charge in [0.15, 0.2) is 5.69 Å². The van der Waals surface area contributed by atoms with Crippen molar-refractivity contribution in [3.63, 3.8) is 0 Å². The molecule has 2 fully saturated rings. The van der Waals surface area contributed by atoms with Crippen LogP contribution in [-0.2, 0) is 4.74 Å². The van der Waals surface area contributed by atoms with Crippen molar-refractivity contribution in [2.45, 2.75) is 31.3 Å². The number of methoxy groups -OCH3 is 1. The summed E-state index contributed by atoms with van der Waals surface area (Å²) in [4.78, 5) is 29.2. The summed E-state index contributed by atoms with van der Waals surface area (Å²) in [6, 6.07) is 2.30. The fraction of sp³-hybridized carbons (Fsp3) is 0.533. The summed E-state index contributed by atoms with van der Waals surface area (Å²) >= 11 is 5.98. The van der Waals surface area contributed by atoms with Gasteiger partial charge in [-0.05, 0) is 18.9 Å². The number of rotatable bonds is 4. The summed E-state index contributed by atoms with van der Waals surface area (Å²) in [5, 5.41) is 6.40. The Morgan fingerprint density at radius 3 is 2.65 bits per heavy atom. The van der Waals surface area contributed by atoms with E-state index in [4.69, 9.17) is 11.6 Å². The number of hydrogen-bond acceptors (Lipinski definition) is 5. The lowest BCUT2D eigenvalue weighted by Crippen LogP contribution is -2.63. The molecule has 124 valence electrons. The van der Waals surface area contributed by atoms with Crippen molar-refractivity contribution < 1.29 is 14.3 Å². The third kappa shape index (κ3) is 3.56. The maximum atomic E-state index is 12.1. The van der Waals surface area contributed by atoms with Crippen LogP contribution < -0.4 is 10.6 Å². The highest BCUT2D eigenvalue weighted by molar-refractivity contribution is 6.33. The Kier molecular flexibility index (Phi) is 4.68. The van der Waals surface area contributed by atoms with Gasteiger partial charge in [-0.3, -0.25) is 0 Å². The fourth-order valence-corrected chi connectivity index (χ4v) is 2.86. The van der Waals surface area contributed by atoms with E-state index in [9.17, 15) is 9.59 Å². The van der Waals surface area contributed by atoms with Gasteiger partial charge in [0.1, 0.15) is 0 Å². The number of carbonyl (C=O) groups excluding carboxylic acids is 2. The summed E-state index contributed by atoms with van der Waals surface area (Å²) < 4.78 is 4.57. The number of ether oxygens (including phenoxy) is 1. The molecule has 0 bridgehead atoms. The van der Waals surface area contributed by atoms with E-state index in [-0.39, 0.29) is 16.7 Å². The normalized spacial score (nSPS) is 18.1. The minimum absolute atomic E-state index is 0.0286. The average Bonchev–Trinajstić information content (AvgIpc) is 2.43. The second-order valence-corrected chi connectivity index (χ2v) is 6.28. The quantitative estimate of drug-likeness (QED) is 0.819. The number of esters is 1. The van der Waals surface area contributed by atoms with E-state index in [0.717, 1.165) is 0 Å². The van der Waals surface area contributed by atoms with Crippen LogP contribution in [-0.4, -0.2) is 54.2 Å². The molecular weight excluding hydrogens is 320 g/mol. The molecule has 0 atom stereocenters. The van der Waals surface area contributed by atoms with Crippen molar-refractivity contribution in [2.24, 2.45) is 0 Å². The highest BCUT2D eigenvalue weighted by Crippen LogP contribution is 2.22. The Hall–Kier alpha value is -1.86. The van der Waals surface area contributed by atoms with E-state index in [1.54, 1.807) is 4.90 Å². The highest BCUT2D eigenvalue weighted by Gasteiger charge is 2.33. The van der Waals surface area contributed by atoms with Crippen molar-refractivity contribution in [3.8, 4) is 0 Å². The lowest BCUT2D eigenvalue weighted by atomic mass is 9.91. The van der Waals surface area contributed by atoms with Gasteiger partial charge in [0, 0.05) is 25.2 Å². The van der Waals surface area contributed by atoms with Crippen LogP contribution in [0, 0.1) is 0 Å². The number of nitrogens with zero attached hydrogens (tertiary/aromatic N) is 2. The van der Waals surface area contributed by atoms with Crippen molar-refractivity contribution in [2.75, 3.05) is 25.5 Å². The molecule has 0 aromatic carbocycles. The monoisotopic (exact) mass is 338 g/mol. The number of aromatic nitrogens is 1. The van der Waals surface area contributed by atoms with Crippen LogP contribution in [0.25, 0.3) is 0 Å². The molecule has 1 aliphatic carbocycles. The van der Waals surface area contributed by atoms with Gasteiger partial charge in [-0.2, -0.15) is 0 Å². The van der Waals surface area contributed by atoms with Gasteiger partial charge in [-0.15, -0.1) is 0 Å². The highest BCUT2D eigenvalue weighted by atomic mass is 35.5. The van der Waals surface area contributed by atoms with E-state index >= 15 is 0 Å². The van der Waals surface area contributed by atoms with Gasteiger partial charge in [-0.25, -0.2) is 14.6 Å². The molecule has 2 heterocycles. The van der Waals surface area contributed by atoms with Gasteiger partial charge in [-0.1, -0.05) is 18.0 Å². The van der Waals surface area contributed by atoms with E-state index in [0.29, 0.717) is 30.9 Å². The standard InChI is InChI=1S/C15H19ClN4O3/c1-23-14(21)13-12(16)5-10(6-17-13)19-15(22)20-7-11(8-20)18-9-3-2-4-9/h5-6,9,11,18H,2-4,7-8H2,1H3,(H,19,22). The summed E-state index contributed by atoms with van der Waals surface area (Å²) in [6.07, 6.45) is 5.16. The summed E-state index contributed by atoms with van der Waals surface area (Å²) in [6.45, 7) is 1.40. The molecule has 23 heavy (non-hydrogen) atoms. The SMILES string of the molecule is COC(=O)c1ncc(NC(=O)N2CC(NC3CCC3)C2)cc1Cl. The third-order valence-corrected chi connectivity index (χ3v) is 4.50. The lowest BCUT2D eigenvalue weighted by molar-refractivity contribution is 0.0594.